The predicted octanol–water partition coefficient (Wildman–Crippen LogP) is 6.60. The summed E-state index contributed by atoms with van der Waals surface area (Å²) in [5, 5.41) is 0. The van der Waals surface area contributed by atoms with Gasteiger partial charge in [0.2, 0.25) is 6.29 Å². The van der Waals surface area contributed by atoms with Gasteiger partial charge in [0.15, 0.2) is 0 Å². The van der Waals surface area contributed by atoms with Gasteiger partial charge in [-0.25, -0.2) is 18.7 Å². The molecule has 11 nitrogen and oxygen atoms in total. The summed E-state index contributed by atoms with van der Waals surface area (Å²) in [5.41, 5.74) is 0.525. The van der Waals surface area contributed by atoms with Crippen molar-refractivity contribution in [1.29, 1.82) is 0 Å². The van der Waals surface area contributed by atoms with E-state index in [0.717, 1.165) is 76.6 Å². The Morgan fingerprint density at radius 2 is 1.05 bits per heavy atom. The number of aromatic nitrogens is 2. The summed E-state index contributed by atoms with van der Waals surface area (Å²) in [6.45, 7) is 3.67. The van der Waals surface area contributed by atoms with Crippen molar-refractivity contribution < 1.29 is 56.8 Å². The quantitative estimate of drug-likeness (QED) is 0.180. The summed E-state index contributed by atoms with van der Waals surface area (Å²) < 4.78 is 75.5. The van der Waals surface area contributed by atoms with Crippen LogP contribution >= 0.6 is 0 Å². The van der Waals surface area contributed by atoms with Crippen LogP contribution in [0.25, 0.3) is 0 Å². The summed E-state index contributed by atoms with van der Waals surface area (Å²) in [4.78, 5) is 70.8. The number of carbonyl (C=O) groups excluding carboxylic acids is 5. The van der Waals surface area contributed by atoms with Crippen molar-refractivity contribution in [2.24, 2.45) is 47.3 Å². The summed E-state index contributed by atoms with van der Waals surface area (Å²) in [6.07, 6.45) is 6.12. The van der Waals surface area contributed by atoms with E-state index in [1.165, 1.54) is 24.3 Å². The topological polar surface area (TPSA) is 136 Å². The van der Waals surface area contributed by atoms with Crippen LogP contribution in [-0.4, -0.2) is 93.4 Å². The van der Waals surface area contributed by atoms with E-state index in [1.54, 1.807) is 6.92 Å². The highest BCUT2D eigenvalue weighted by Gasteiger charge is 2.59. The second-order valence-corrected chi connectivity index (χ2v) is 16.8. The van der Waals surface area contributed by atoms with E-state index < -0.39 is 24.1 Å². The molecule has 2 aliphatic heterocycles. The highest BCUT2D eigenvalue weighted by molar-refractivity contribution is 5.93. The van der Waals surface area contributed by atoms with Crippen LogP contribution in [-0.2, 0) is 23.9 Å². The lowest BCUT2D eigenvalue weighted by atomic mass is 9.78. The molecular formula is C42H49F5N4O7. The van der Waals surface area contributed by atoms with E-state index >= 15 is 0 Å². The molecule has 0 N–H and O–H groups in total. The maximum Gasteiger partial charge on any atom is 0.446 e. The standard InChI is InChI=1S/2C19H21FN2O3.C2HF3O.C2H6/c2*20-14-3-4-15(21-8-14)18(23)22-9-10-5-12-7-13(6-10)17(16(12)22)25-19(24)11-1-2-11;3-2(4,5)1-6;1-2/h2*3-4,8,10-13,16-17H,1-2,5-7,9H2;1H;1-2H3/t2*10-,12+,13-,16-,17+;;/m00../s1/i;;;1D. The predicted molar refractivity (Wildman–Crippen MR) is 195 cm³/mol. The number of rotatable bonds is 6. The third-order valence-electron chi connectivity index (χ3n) is 12.8. The molecule has 10 atom stereocenters. The summed E-state index contributed by atoms with van der Waals surface area (Å²) in [5.74, 6) is 1.19. The number of carbonyl (C=O) groups is 5. The molecule has 2 aromatic heterocycles. The Balaban J connectivity index is 0.000000149. The SMILES string of the molecule is O=C(O[C@@H]1[C@H]2C[C@@H]3C[C@H](C2)[C@@H]1N(C(=O)c1ccc(F)cn1)C3)C1CC1.O=C(O[C@@H]1[C@H]2C[C@@H]3C[C@H](C2)[C@@H]1N(C(=O)c1ccc(F)cn1)C3)C1CC1.O=CC(F)(F)F.[2H]CC. The van der Waals surface area contributed by atoms with Crippen LogP contribution in [0.3, 0.4) is 0 Å². The highest BCUT2D eigenvalue weighted by Crippen LogP contribution is 2.54. The average Bonchev–Trinajstić information content (AvgIpc) is 4.14. The number of piperidine rings is 2. The molecule has 0 aromatic carbocycles. The Kier molecular flexibility index (Phi) is 11.8. The Morgan fingerprint density at radius 1 is 0.690 bits per heavy atom. The van der Waals surface area contributed by atoms with Gasteiger partial charge >= 0.3 is 18.1 Å². The first kappa shape index (κ1) is 40.3. The molecule has 6 saturated carbocycles. The van der Waals surface area contributed by atoms with E-state index in [2.05, 4.69) is 9.97 Å². The second kappa shape index (κ2) is 17.0. The van der Waals surface area contributed by atoms with Crippen molar-refractivity contribution in [2.45, 2.75) is 108 Å². The second-order valence-electron chi connectivity index (χ2n) is 16.8. The largest absolute Gasteiger partial charge is 0.460 e. The molecule has 6 bridgehead atoms. The van der Waals surface area contributed by atoms with Gasteiger partial charge in [-0.15, -0.1) is 0 Å². The number of amides is 2. The molecule has 2 aromatic rings. The van der Waals surface area contributed by atoms with Gasteiger partial charge in [-0.3, -0.25) is 24.0 Å². The maximum atomic E-state index is 13.1. The lowest BCUT2D eigenvalue weighted by Gasteiger charge is -2.42. The molecule has 6 aliphatic carbocycles. The van der Waals surface area contributed by atoms with Crippen LogP contribution in [0.15, 0.2) is 36.7 Å². The zero-order valence-corrected chi connectivity index (χ0v) is 32.2. The number of hydrogen-bond acceptors (Lipinski definition) is 9. The van der Waals surface area contributed by atoms with E-state index in [0.29, 0.717) is 55.5 Å². The summed E-state index contributed by atoms with van der Waals surface area (Å²) >= 11 is 0. The van der Waals surface area contributed by atoms with E-state index in [9.17, 15) is 41.1 Å². The number of fused-ring (bicyclic) bond motifs is 4. The first-order valence-corrected chi connectivity index (χ1v) is 20.3. The molecule has 2 saturated heterocycles. The smallest absolute Gasteiger partial charge is 0.446 e. The number of pyridine rings is 2. The fourth-order valence-corrected chi connectivity index (χ4v) is 10.4. The minimum Gasteiger partial charge on any atom is -0.460 e. The summed E-state index contributed by atoms with van der Waals surface area (Å²) in [7, 11) is 0. The Morgan fingerprint density at radius 3 is 1.36 bits per heavy atom. The number of ether oxygens (including phenoxy) is 2. The van der Waals surface area contributed by atoms with Gasteiger partial charge in [0.25, 0.3) is 11.8 Å². The van der Waals surface area contributed by atoms with Gasteiger partial charge in [0, 0.05) is 14.5 Å². The number of alkyl halides is 3. The number of nitrogens with zero attached hydrogens (tertiary/aromatic N) is 4. The zero-order valence-electron chi connectivity index (χ0n) is 33.2. The van der Waals surface area contributed by atoms with E-state index in [1.807, 2.05) is 9.80 Å². The number of esters is 2. The van der Waals surface area contributed by atoms with Gasteiger partial charge in [-0.2, -0.15) is 13.2 Å². The van der Waals surface area contributed by atoms with Gasteiger partial charge in [0.1, 0.15) is 35.2 Å². The third kappa shape index (κ3) is 9.05. The molecule has 0 spiro atoms. The molecule has 10 rings (SSSR count). The fraction of sp³-hybridized carbons (Fsp3) is 0.643. The fourth-order valence-electron chi connectivity index (χ4n) is 10.4. The minimum atomic E-state index is -4.64. The van der Waals surface area contributed by atoms with Gasteiger partial charge < -0.3 is 19.3 Å². The number of hydrogen-bond donors (Lipinski definition) is 0. The molecule has 8 fully saturated rings. The van der Waals surface area contributed by atoms with E-state index in [4.69, 9.17) is 15.6 Å². The Labute approximate surface area is 334 Å². The lowest BCUT2D eigenvalue weighted by Crippen LogP contribution is -2.53. The normalized spacial score (nSPS) is 32.3. The van der Waals surface area contributed by atoms with Crippen molar-refractivity contribution in [1.82, 2.24) is 19.8 Å². The maximum absolute atomic E-state index is 13.1. The lowest BCUT2D eigenvalue weighted by molar-refractivity contribution is -0.156. The van der Waals surface area contributed by atoms with Crippen LogP contribution in [0.4, 0.5) is 22.0 Å². The molecule has 0 radical (unpaired) electrons. The van der Waals surface area contributed by atoms with Crippen LogP contribution in [0.1, 0.15) is 100 Å². The van der Waals surface area contributed by atoms with Gasteiger partial charge in [-0.05, 0) is 124 Å². The van der Waals surface area contributed by atoms with Gasteiger partial charge in [0.05, 0.1) is 36.3 Å². The van der Waals surface area contributed by atoms with Crippen LogP contribution < -0.4 is 0 Å². The molecule has 8 aliphatic rings. The molecule has 2 amide bonds. The van der Waals surface area contributed by atoms with Crippen molar-refractivity contribution >= 4 is 30.0 Å². The Hall–Kier alpha value is -4.50. The molecule has 314 valence electrons. The monoisotopic (exact) mass is 817 g/mol. The van der Waals surface area contributed by atoms with Crippen molar-refractivity contribution in [3.63, 3.8) is 0 Å². The van der Waals surface area contributed by atoms with Gasteiger partial charge in [-0.1, -0.05) is 13.8 Å². The van der Waals surface area contributed by atoms with Crippen molar-refractivity contribution in [3.05, 3.63) is 59.7 Å². The zero-order chi connectivity index (χ0) is 42.2. The van der Waals surface area contributed by atoms with Crippen LogP contribution in [0, 0.1) is 59.0 Å². The first-order chi connectivity index (χ1) is 28.2. The van der Waals surface area contributed by atoms with Crippen LogP contribution in [0.2, 0.25) is 0 Å². The summed E-state index contributed by atoms with van der Waals surface area (Å²) in [6, 6.07) is 5.30. The van der Waals surface area contributed by atoms with Crippen molar-refractivity contribution in [3.8, 4) is 0 Å². The Bertz CT molecular complexity index is 1740. The minimum absolute atomic E-state index is 0.0502. The average molecular weight is 818 g/mol. The molecule has 0 unspecified atom stereocenters. The number of aldehydes is 1. The van der Waals surface area contributed by atoms with Crippen molar-refractivity contribution in [2.75, 3.05) is 13.1 Å². The molecular weight excluding hydrogens is 767 g/mol. The van der Waals surface area contributed by atoms with E-state index in [-0.39, 0.29) is 71.3 Å². The first-order valence-electron chi connectivity index (χ1n) is 21.0. The number of likely N-dealkylation sites (tertiary alicyclic amines) is 2. The third-order valence-corrected chi connectivity index (χ3v) is 12.8. The highest BCUT2D eigenvalue weighted by atomic mass is 19.4. The molecule has 16 heteroatoms. The molecule has 4 heterocycles. The number of halogens is 5. The van der Waals surface area contributed by atoms with Crippen LogP contribution in [0.5, 0.6) is 0 Å². The molecule has 58 heavy (non-hydrogen) atoms.